The van der Waals surface area contributed by atoms with Gasteiger partial charge in [0.2, 0.25) is 0 Å². The molecule has 0 atom stereocenters. The van der Waals surface area contributed by atoms with Crippen LogP contribution < -0.4 is 15.4 Å². The van der Waals surface area contributed by atoms with Crippen molar-refractivity contribution in [2.45, 2.75) is 12.8 Å². The van der Waals surface area contributed by atoms with E-state index in [1.807, 2.05) is 29.2 Å². The number of ether oxygens (including phenoxy) is 1. The van der Waals surface area contributed by atoms with Gasteiger partial charge in [0.05, 0.1) is 7.11 Å². The number of nitrogens with zero attached hydrogens (tertiary/aromatic N) is 1. The molecular formula is C12H16N2OS. The number of thiocarbonyl (C=S) groups is 1. The van der Waals surface area contributed by atoms with Gasteiger partial charge in [0.1, 0.15) is 5.75 Å². The Balaban J connectivity index is 2.13. The molecule has 4 heteroatoms. The molecule has 0 saturated heterocycles. The van der Waals surface area contributed by atoms with Crippen LogP contribution in [-0.2, 0) is 0 Å². The van der Waals surface area contributed by atoms with Gasteiger partial charge in [0.15, 0.2) is 5.11 Å². The van der Waals surface area contributed by atoms with Crippen molar-refractivity contribution in [1.82, 2.24) is 0 Å². The smallest absolute Gasteiger partial charge is 0.170 e. The number of hydrogen-bond donors (Lipinski definition) is 1. The molecule has 86 valence electrons. The van der Waals surface area contributed by atoms with E-state index in [1.54, 1.807) is 7.11 Å². The van der Waals surface area contributed by atoms with Crippen molar-refractivity contribution in [3.63, 3.8) is 0 Å². The molecule has 2 rings (SSSR count). The monoisotopic (exact) mass is 236 g/mol. The number of hydrogen-bond acceptors (Lipinski definition) is 2. The molecule has 0 amide bonds. The zero-order valence-electron chi connectivity index (χ0n) is 9.35. The van der Waals surface area contributed by atoms with Crippen LogP contribution in [0.15, 0.2) is 24.3 Å². The Morgan fingerprint density at radius 1 is 1.44 bits per heavy atom. The fourth-order valence-electron chi connectivity index (χ4n) is 1.64. The summed E-state index contributed by atoms with van der Waals surface area (Å²) in [5, 5.41) is 0.442. The summed E-state index contributed by atoms with van der Waals surface area (Å²) in [4.78, 5) is 1.99. The Bertz CT molecular complexity index is 373. The third-order valence-electron chi connectivity index (χ3n) is 2.79. The van der Waals surface area contributed by atoms with E-state index in [4.69, 9.17) is 22.7 Å². The molecule has 1 fully saturated rings. The lowest BCUT2D eigenvalue weighted by Gasteiger charge is -2.22. The van der Waals surface area contributed by atoms with Gasteiger partial charge >= 0.3 is 0 Å². The van der Waals surface area contributed by atoms with Crippen LogP contribution in [0.3, 0.4) is 0 Å². The highest BCUT2D eigenvalue weighted by atomic mass is 32.1. The molecule has 0 radical (unpaired) electrons. The quantitative estimate of drug-likeness (QED) is 0.813. The van der Waals surface area contributed by atoms with E-state index in [0.717, 1.165) is 23.9 Å². The molecule has 0 heterocycles. The van der Waals surface area contributed by atoms with Gasteiger partial charge in [0, 0.05) is 12.2 Å². The number of anilines is 1. The van der Waals surface area contributed by atoms with E-state index in [1.165, 1.54) is 12.8 Å². The van der Waals surface area contributed by atoms with Crippen molar-refractivity contribution >= 4 is 23.0 Å². The van der Waals surface area contributed by atoms with Crippen LogP contribution in [0.1, 0.15) is 12.8 Å². The van der Waals surface area contributed by atoms with E-state index in [9.17, 15) is 0 Å². The Hall–Kier alpha value is -1.29. The Labute approximate surface area is 101 Å². The molecular weight excluding hydrogens is 220 g/mol. The van der Waals surface area contributed by atoms with Crippen LogP contribution in [-0.4, -0.2) is 18.8 Å². The van der Waals surface area contributed by atoms with Crippen molar-refractivity contribution in [2.24, 2.45) is 11.7 Å². The minimum atomic E-state index is 0.442. The number of rotatable bonds is 4. The summed E-state index contributed by atoms with van der Waals surface area (Å²) in [6.07, 6.45) is 2.57. The second-order valence-electron chi connectivity index (χ2n) is 4.09. The zero-order valence-corrected chi connectivity index (χ0v) is 10.2. The second-order valence-corrected chi connectivity index (χ2v) is 4.51. The first-order valence-electron chi connectivity index (χ1n) is 5.41. The highest BCUT2D eigenvalue weighted by Gasteiger charge is 2.25. The predicted molar refractivity (Wildman–Crippen MR) is 69.8 cm³/mol. The Morgan fingerprint density at radius 2 is 2.06 bits per heavy atom. The fourth-order valence-corrected chi connectivity index (χ4v) is 1.82. The molecule has 0 aliphatic heterocycles. The minimum absolute atomic E-state index is 0.442. The van der Waals surface area contributed by atoms with Gasteiger partial charge in [-0.3, -0.25) is 0 Å². The largest absolute Gasteiger partial charge is 0.497 e. The van der Waals surface area contributed by atoms with Gasteiger partial charge in [-0.25, -0.2) is 0 Å². The van der Waals surface area contributed by atoms with E-state index in [-0.39, 0.29) is 0 Å². The molecule has 0 bridgehead atoms. The molecule has 0 unspecified atom stereocenters. The van der Waals surface area contributed by atoms with Crippen LogP contribution in [0.2, 0.25) is 0 Å². The van der Waals surface area contributed by atoms with Crippen LogP contribution >= 0.6 is 12.2 Å². The Morgan fingerprint density at radius 3 is 2.50 bits per heavy atom. The van der Waals surface area contributed by atoms with Gasteiger partial charge in [-0.05, 0) is 55.2 Å². The standard InChI is InChI=1S/C12H16N2OS/c1-15-11-6-4-10(5-7-11)14(12(13)16)8-9-2-3-9/h4-7,9H,2-3,8H2,1H3,(H2,13,16). The zero-order chi connectivity index (χ0) is 11.5. The minimum Gasteiger partial charge on any atom is -0.497 e. The van der Waals surface area contributed by atoms with Gasteiger partial charge in [-0.2, -0.15) is 0 Å². The van der Waals surface area contributed by atoms with Crippen LogP contribution in [0.4, 0.5) is 5.69 Å². The Kier molecular flexibility index (Phi) is 3.29. The summed E-state index contributed by atoms with van der Waals surface area (Å²) in [7, 11) is 1.66. The maximum Gasteiger partial charge on any atom is 0.170 e. The predicted octanol–water partition coefficient (Wildman–Crippen LogP) is 2.16. The SMILES string of the molecule is COc1ccc(N(CC2CC2)C(N)=S)cc1. The maximum absolute atomic E-state index is 5.74. The van der Waals surface area contributed by atoms with Crippen LogP contribution in [0.5, 0.6) is 5.75 Å². The van der Waals surface area contributed by atoms with Crippen molar-refractivity contribution in [1.29, 1.82) is 0 Å². The van der Waals surface area contributed by atoms with E-state index in [0.29, 0.717) is 5.11 Å². The molecule has 0 spiro atoms. The molecule has 0 aromatic heterocycles. The molecule has 16 heavy (non-hydrogen) atoms. The highest BCUT2D eigenvalue weighted by Crippen LogP contribution is 2.31. The van der Waals surface area contributed by atoms with E-state index >= 15 is 0 Å². The summed E-state index contributed by atoms with van der Waals surface area (Å²) in [5.74, 6) is 1.60. The number of nitrogens with two attached hydrogens (primary N) is 1. The second kappa shape index (κ2) is 4.70. The fraction of sp³-hybridized carbons (Fsp3) is 0.417. The molecule has 3 nitrogen and oxygen atoms in total. The van der Waals surface area contributed by atoms with Crippen molar-refractivity contribution in [2.75, 3.05) is 18.6 Å². The van der Waals surface area contributed by atoms with Crippen LogP contribution in [0, 0.1) is 5.92 Å². The normalized spacial score (nSPS) is 14.6. The summed E-state index contributed by atoms with van der Waals surface area (Å²) < 4.78 is 5.12. The maximum atomic E-state index is 5.74. The van der Waals surface area contributed by atoms with E-state index < -0.39 is 0 Å². The number of methoxy groups -OCH3 is 1. The van der Waals surface area contributed by atoms with Gasteiger partial charge in [0.25, 0.3) is 0 Å². The lowest BCUT2D eigenvalue weighted by Crippen LogP contribution is -2.37. The van der Waals surface area contributed by atoms with Gasteiger partial charge < -0.3 is 15.4 Å². The third kappa shape index (κ3) is 2.64. The van der Waals surface area contributed by atoms with E-state index in [2.05, 4.69) is 0 Å². The first-order valence-corrected chi connectivity index (χ1v) is 5.82. The molecule has 2 N–H and O–H groups in total. The van der Waals surface area contributed by atoms with Crippen molar-refractivity contribution < 1.29 is 4.74 Å². The van der Waals surface area contributed by atoms with Gasteiger partial charge in [-0.1, -0.05) is 0 Å². The average molecular weight is 236 g/mol. The lowest BCUT2D eigenvalue weighted by atomic mass is 10.2. The highest BCUT2D eigenvalue weighted by molar-refractivity contribution is 7.80. The summed E-state index contributed by atoms with van der Waals surface area (Å²) in [6, 6.07) is 7.82. The van der Waals surface area contributed by atoms with Crippen LogP contribution in [0.25, 0.3) is 0 Å². The number of benzene rings is 1. The molecule has 1 aromatic carbocycles. The molecule has 1 saturated carbocycles. The average Bonchev–Trinajstić information content (AvgIpc) is 3.09. The third-order valence-corrected chi connectivity index (χ3v) is 3.01. The van der Waals surface area contributed by atoms with Gasteiger partial charge in [-0.15, -0.1) is 0 Å². The molecule has 1 aromatic rings. The van der Waals surface area contributed by atoms with Crippen molar-refractivity contribution in [3.05, 3.63) is 24.3 Å². The molecule has 1 aliphatic rings. The summed E-state index contributed by atoms with van der Waals surface area (Å²) in [5.41, 5.74) is 6.78. The van der Waals surface area contributed by atoms with Crippen molar-refractivity contribution in [3.8, 4) is 5.75 Å². The summed E-state index contributed by atoms with van der Waals surface area (Å²) >= 11 is 5.08. The summed E-state index contributed by atoms with van der Waals surface area (Å²) in [6.45, 7) is 0.932. The lowest BCUT2D eigenvalue weighted by molar-refractivity contribution is 0.415. The first kappa shape index (κ1) is 11.2. The first-order chi connectivity index (χ1) is 7.70. The molecule has 1 aliphatic carbocycles. The topological polar surface area (TPSA) is 38.5 Å².